The minimum absolute atomic E-state index is 0.379. The molecule has 0 radical (unpaired) electrons. The first kappa shape index (κ1) is 22.6. The van der Waals surface area contributed by atoms with Crippen LogP contribution in [-0.2, 0) is 18.8 Å². The molecule has 1 aromatic carbocycles. The zero-order chi connectivity index (χ0) is 22.6. The third-order valence-corrected chi connectivity index (χ3v) is 6.42. The van der Waals surface area contributed by atoms with Crippen LogP contribution < -0.4 is 26.8 Å². The lowest BCUT2D eigenvalue weighted by Crippen LogP contribution is -2.44. The molecule has 2 aliphatic rings. The van der Waals surface area contributed by atoms with E-state index in [1.54, 1.807) is 7.11 Å². The number of methoxy groups -OCH3 is 1. The van der Waals surface area contributed by atoms with Crippen molar-refractivity contribution in [2.45, 2.75) is 51.4 Å². The van der Waals surface area contributed by atoms with Crippen molar-refractivity contribution in [3.63, 3.8) is 0 Å². The van der Waals surface area contributed by atoms with Crippen LogP contribution in [0.2, 0.25) is 0 Å². The molecule has 1 saturated heterocycles. The maximum atomic E-state index is 6.85. The Balaban J connectivity index is 1.60. The van der Waals surface area contributed by atoms with E-state index >= 15 is 0 Å². The lowest BCUT2D eigenvalue weighted by Gasteiger charge is -2.32. The monoisotopic (exact) mass is 439 g/mol. The van der Waals surface area contributed by atoms with E-state index in [9.17, 15) is 0 Å². The van der Waals surface area contributed by atoms with Crippen LogP contribution in [-0.4, -0.2) is 48.7 Å². The van der Waals surface area contributed by atoms with Crippen molar-refractivity contribution in [3.8, 4) is 5.75 Å². The van der Waals surface area contributed by atoms with Gasteiger partial charge in [-0.3, -0.25) is 4.90 Å². The molecule has 1 fully saturated rings. The number of hydrogen-bond acceptors (Lipinski definition) is 7. The highest BCUT2D eigenvalue weighted by Crippen LogP contribution is 2.37. The van der Waals surface area contributed by atoms with Gasteiger partial charge < -0.3 is 31.4 Å². The average Bonchev–Trinajstić information content (AvgIpc) is 3.18. The van der Waals surface area contributed by atoms with E-state index in [2.05, 4.69) is 56.4 Å². The molecule has 0 aliphatic carbocycles. The van der Waals surface area contributed by atoms with Crippen LogP contribution in [0.5, 0.6) is 5.75 Å². The second kappa shape index (κ2) is 9.94. The molecule has 4 rings (SSSR count). The van der Waals surface area contributed by atoms with Crippen molar-refractivity contribution in [2.75, 3.05) is 38.6 Å². The highest BCUT2D eigenvalue weighted by Gasteiger charge is 2.36. The van der Waals surface area contributed by atoms with Gasteiger partial charge in [-0.1, -0.05) is 25.8 Å². The Labute approximate surface area is 191 Å². The normalized spacial score (nSPS) is 21.0. The quantitative estimate of drug-likeness (QED) is 0.447. The van der Waals surface area contributed by atoms with Crippen molar-refractivity contribution >= 4 is 11.6 Å². The van der Waals surface area contributed by atoms with E-state index in [1.807, 2.05) is 6.07 Å². The van der Waals surface area contributed by atoms with E-state index in [4.69, 9.17) is 16.2 Å². The van der Waals surface area contributed by atoms with Gasteiger partial charge in [-0.05, 0) is 36.6 Å². The SMILES string of the molecule is CCCCCC1(N)N=C(N)Nc2ccn(Cc3cc(CN4CCNCC4)ccc3OC)c21. The number of aromatic nitrogens is 1. The summed E-state index contributed by atoms with van der Waals surface area (Å²) in [7, 11) is 1.73. The van der Waals surface area contributed by atoms with Crippen LogP contribution in [0.25, 0.3) is 0 Å². The second-order valence-corrected chi connectivity index (χ2v) is 8.88. The van der Waals surface area contributed by atoms with Crippen LogP contribution >= 0.6 is 0 Å². The molecule has 174 valence electrons. The van der Waals surface area contributed by atoms with Crippen molar-refractivity contribution in [1.82, 2.24) is 14.8 Å². The fraction of sp³-hybridized carbons (Fsp3) is 0.542. The standard InChI is InChI=1S/C24H37N7O/c1-3-4-5-9-24(26)22-20(28-23(25)29-24)8-12-31(22)17-19-15-18(6-7-21(19)32-2)16-30-13-10-27-11-14-30/h6-8,12,15,27H,3-5,9-11,13-14,16-17,26H2,1-2H3,(H3,25,28,29). The minimum atomic E-state index is -0.824. The molecule has 0 saturated carbocycles. The van der Waals surface area contributed by atoms with Gasteiger partial charge in [0.1, 0.15) is 5.75 Å². The predicted molar refractivity (Wildman–Crippen MR) is 130 cm³/mol. The number of rotatable bonds is 9. The first-order chi connectivity index (χ1) is 15.5. The number of anilines is 1. The van der Waals surface area contributed by atoms with Gasteiger partial charge in [-0.15, -0.1) is 0 Å². The Bertz CT molecular complexity index is 948. The van der Waals surface area contributed by atoms with Gasteiger partial charge in [0, 0.05) is 44.5 Å². The summed E-state index contributed by atoms with van der Waals surface area (Å²) in [6, 6.07) is 8.54. The Morgan fingerprint density at radius 1 is 1.16 bits per heavy atom. The number of nitrogens with zero attached hydrogens (tertiary/aromatic N) is 3. The number of guanidine groups is 1. The topological polar surface area (TPSA) is 106 Å². The van der Waals surface area contributed by atoms with Crippen molar-refractivity contribution in [2.24, 2.45) is 16.5 Å². The molecule has 0 bridgehead atoms. The highest BCUT2D eigenvalue weighted by atomic mass is 16.5. The molecule has 0 amide bonds. The fourth-order valence-corrected chi connectivity index (χ4v) is 4.80. The van der Waals surface area contributed by atoms with Gasteiger partial charge in [0.15, 0.2) is 11.6 Å². The van der Waals surface area contributed by atoms with Crippen LogP contribution in [0.15, 0.2) is 35.5 Å². The predicted octanol–water partition coefficient (Wildman–Crippen LogP) is 2.38. The third-order valence-electron chi connectivity index (χ3n) is 6.42. The number of benzene rings is 1. The Morgan fingerprint density at radius 2 is 1.97 bits per heavy atom. The number of nitrogens with one attached hydrogen (secondary N) is 2. The first-order valence-corrected chi connectivity index (χ1v) is 11.7. The summed E-state index contributed by atoms with van der Waals surface area (Å²) >= 11 is 0. The van der Waals surface area contributed by atoms with Gasteiger partial charge in [0.2, 0.25) is 0 Å². The zero-order valence-corrected chi connectivity index (χ0v) is 19.4. The number of piperazine rings is 1. The minimum Gasteiger partial charge on any atom is -0.496 e. The lowest BCUT2D eigenvalue weighted by molar-refractivity contribution is 0.233. The van der Waals surface area contributed by atoms with Gasteiger partial charge in [0.05, 0.1) is 25.0 Å². The zero-order valence-electron chi connectivity index (χ0n) is 19.4. The van der Waals surface area contributed by atoms with E-state index in [0.717, 1.165) is 81.1 Å². The van der Waals surface area contributed by atoms with Crippen LogP contribution in [0.4, 0.5) is 5.69 Å². The van der Waals surface area contributed by atoms with Crippen LogP contribution in [0.1, 0.15) is 49.4 Å². The number of ether oxygens (including phenoxy) is 1. The van der Waals surface area contributed by atoms with Crippen molar-refractivity contribution in [3.05, 3.63) is 47.3 Å². The van der Waals surface area contributed by atoms with E-state index in [1.165, 1.54) is 5.56 Å². The molecule has 2 aliphatic heterocycles. The van der Waals surface area contributed by atoms with E-state index < -0.39 is 5.66 Å². The molecule has 32 heavy (non-hydrogen) atoms. The van der Waals surface area contributed by atoms with Gasteiger partial charge in [-0.25, -0.2) is 4.99 Å². The summed E-state index contributed by atoms with van der Waals surface area (Å²) in [5.41, 5.74) is 16.4. The number of aliphatic imine (C=N–C) groups is 1. The molecule has 8 heteroatoms. The fourth-order valence-electron chi connectivity index (χ4n) is 4.80. The van der Waals surface area contributed by atoms with Crippen molar-refractivity contribution in [1.29, 1.82) is 0 Å². The summed E-state index contributed by atoms with van der Waals surface area (Å²) in [5.74, 6) is 1.27. The van der Waals surface area contributed by atoms with Gasteiger partial charge >= 0.3 is 0 Å². The lowest BCUT2D eigenvalue weighted by atomic mass is 9.97. The summed E-state index contributed by atoms with van der Waals surface area (Å²) in [4.78, 5) is 7.12. The Kier molecular flexibility index (Phi) is 7.03. The van der Waals surface area contributed by atoms with Gasteiger partial charge in [-0.2, -0.15) is 0 Å². The molecule has 1 aromatic heterocycles. The van der Waals surface area contributed by atoms with Crippen molar-refractivity contribution < 1.29 is 4.74 Å². The second-order valence-electron chi connectivity index (χ2n) is 8.88. The molecule has 0 spiro atoms. The largest absolute Gasteiger partial charge is 0.496 e. The Morgan fingerprint density at radius 3 is 2.72 bits per heavy atom. The van der Waals surface area contributed by atoms with Gasteiger partial charge in [0.25, 0.3) is 0 Å². The summed E-state index contributed by atoms with van der Waals surface area (Å²) in [6.07, 6.45) is 6.10. The Hall–Kier alpha value is -2.55. The van der Waals surface area contributed by atoms with Crippen LogP contribution in [0, 0.1) is 0 Å². The van der Waals surface area contributed by atoms with E-state index in [0.29, 0.717) is 12.5 Å². The molecule has 1 unspecified atom stereocenters. The van der Waals surface area contributed by atoms with E-state index in [-0.39, 0.29) is 0 Å². The average molecular weight is 440 g/mol. The highest BCUT2D eigenvalue weighted by molar-refractivity contribution is 5.95. The number of nitrogens with two attached hydrogens (primary N) is 2. The van der Waals surface area contributed by atoms with Crippen LogP contribution in [0.3, 0.4) is 0 Å². The summed E-state index contributed by atoms with van der Waals surface area (Å²) in [6.45, 7) is 8.05. The maximum Gasteiger partial charge on any atom is 0.195 e. The number of unbranched alkanes of at least 4 members (excludes halogenated alkanes) is 2. The summed E-state index contributed by atoms with van der Waals surface area (Å²) in [5, 5.41) is 6.60. The smallest absolute Gasteiger partial charge is 0.195 e. The molecule has 2 aromatic rings. The summed E-state index contributed by atoms with van der Waals surface area (Å²) < 4.78 is 7.89. The number of hydrogen-bond donors (Lipinski definition) is 4. The molecular weight excluding hydrogens is 402 g/mol. The number of fused-ring (bicyclic) bond motifs is 1. The third kappa shape index (κ3) is 4.92. The first-order valence-electron chi connectivity index (χ1n) is 11.7. The molecular formula is C24H37N7O. The molecule has 8 nitrogen and oxygen atoms in total. The molecule has 3 heterocycles. The molecule has 1 atom stereocenters. The maximum absolute atomic E-state index is 6.85. The molecule has 6 N–H and O–H groups in total.